The van der Waals surface area contributed by atoms with Crippen molar-refractivity contribution >= 4 is 42.9 Å². The molecule has 1 saturated carbocycles. The van der Waals surface area contributed by atoms with Crippen molar-refractivity contribution in [3.05, 3.63) is 53.1 Å². The van der Waals surface area contributed by atoms with Crippen molar-refractivity contribution in [1.82, 2.24) is 19.9 Å². The molecule has 2 aliphatic rings. The molecule has 2 aromatic rings. The first kappa shape index (κ1) is 24.4. The molecule has 172 valence electrons. The Labute approximate surface area is 197 Å². The van der Waals surface area contributed by atoms with Crippen molar-refractivity contribution in [2.75, 3.05) is 20.2 Å². The van der Waals surface area contributed by atoms with Gasteiger partial charge in [-0.05, 0) is 37.0 Å². The van der Waals surface area contributed by atoms with E-state index in [2.05, 4.69) is 14.9 Å². The maximum absolute atomic E-state index is 14.6. The van der Waals surface area contributed by atoms with Gasteiger partial charge in [-0.25, -0.2) is 9.18 Å². The van der Waals surface area contributed by atoms with Crippen LogP contribution in [-0.4, -0.2) is 57.1 Å². The molecular weight excluding hydrogens is 455 g/mol. The number of benzene rings is 1. The molecule has 0 radical (unpaired) electrons. The van der Waals surface area contributed by atoms with E-state index >= 15 is 0 Å². The van der Waals surface area contributed by atoms with E-state index in [1.807, 2.05) is 11.0 Å². The van der Waals surface area contributed by atoms with E-state index in [0.717, 1.165) is 24.8 Å². The number of nitrogens with zero attached hydrogens (tertiary/aromatic N) is 4. The first-order chi connectivity index (χ1) is 15.0. The smallest absolute Gasteiger partial charge is 0.329 e. The highest BCUT2D eigenvalue weighted by Crippen LogP contribution is 2.39. The van der Waals surface area contributed by atoms with Crippen molar-refractivity contribution in [1.29, 1.82) is 0 Å². The summed E-state index contributed by atoms with van der Waals surface area (Å²) in [6.07, 6.45) is 5.93. The highest BCUT2D eigenvalue weighted by atomic mass is 35.5. The number of rotatable bonds is 7. The van der Waals surface area contributed by atoms with Gasteiger partial charge in [0.2, 0.25) is 0 Å². The molecule has 0 N–H and O–H groups in total. The van der Waals surface area contributed by atoms with Gasteiger partial charge in [0, 0.05) is 29.8 Å². The number of likely N-dealkylation sites (tertiary alicyclic amines) is 1. The monoisotopic (exact) mass is 480 g/mol. The van der Waals surface area contributed by atoms with E-state index < -0.39 is 12.0 Å². The van der Waals surface area contributed by atoms with Crippen LogP contribution in [0.15, 0.2) is 36.0 Å². The lowest BCUT2D eigenvalue weighted by Crippen LogP contribution is -2.42. The Bertz CT molecular complexity index is 1010. The minimum Gasteiger partial charge on any atom is -0.468 e. The number of esters is 1. The summed E-state index contributed by atoms with van der Waals surface area (Å²) in [7, 11) is 1.31. The number of hydrogen-bond acceptors (Lipinski definition) is 7. The second kappa shape index (κ2) is 10.6. The fourth-order valence-electron chi connectivity index (χ4n) is 3.90. The molecule has 32 heavy (non-hydrogen) atoms. The molecule has 1 aliphatic carbocycles. The topological polar surface area (TPSA) is 77.3 Å². The molecule has 2 heterocycles. The minimum absolute atomic E-state index is 0. The lowest BCUT2D eigenvalue weighted by Gasteiger charge is -2.37. The average Bonchev–Trinajstić information content (AvgIpc) is 3.53. The number of ether oxygens (including phenoxy) is 1. The van der Waals surface area contributed by atoms with Gasteiger partial charge in [0.1, 0.15) is 11.5 Å². The van der Waals surface area contributed by atoms with Crippen molar-refractivity contribution in [3.8, 4) is 0 Å². The second-order valence-electron chi connectivity index (χ2n) is 7.97. The van der Waals surface area contributed by atoms with E-state index in [-0.39, 0.29) is 41.7 Å². The number of hydrogen-bond donors (Lipinski definition) is 1. The van der Waals surface area contributed by atoms with Crippen molar-refractivity contribution in [2.24, 2.45) is 5.92 Å². The molecule has 10 heteroatoms. The van der Waals surface area contributed by atoms with Crippen LogP contribution >= 0.6 is 25.0 Å². The standard InChI is InChI=1S/C22H25FN4O3S.ClH/c1-30-20(28)13-27-24-11-16(25-27)10-15-12-26(9-8-19(15)31)21(22(29)14-6-7-14)17-4-2-3-5-18(17)23;/h2-5,10-11,14,19,21,31H,6-9,12-13H2,1H3;1H/b15-10+;. The predicted octanol–water partition coefficient (Wildman–Crippen LogP) is 3.12. The van der Waals surface area contributed by atoms with Crippen LogP contribution in [0.5, 0.6) is 0 Å². The van der Waals surface area contributed by atoms with E-state index in [0.29, 0.717) is 24.3 Å². The maximum atomic E-state index is 14.6. The van der Waals surface area contributed by atoms with Crippen LogP contribution in [0.1, 0.15) is 36.6 Å². The molecule has 7 nitrogen and oxygen atoms in total. The van der Waals surface area contributed by atoms with Gasteiger partial charge in [-0.15, -0.1) is 12.4 Å². The summed E-state index contributed by atoms with van der Waals surface area (Å²) in [5.41, 5.74) is 2.00. The van der Waals surface area contributed by atoms with Crippen LogP contribution in [0, 0.1) is 11.7 Å². The Kier molecular flexibility index (Phi) is 8.08. The van der Waals surface area contributed by atoms with E-state index in [4.69, 9.17) is 12.6 Å². The molecule has 2 fully saturated rings. The minimum atomic E-state index is -0.604. The van der Waals surface area contributed by atoms with Crippen LogP contribution in [0.3, 0.4) is 0 Å². The molecule has 0 spiro atoms. The summed E-state index contributed by atoms with van der Waals surface area (Å²) in [6.45, 7) is 1.06. The van der Waals surface area contributed by atoms with Crippen LogP contribution in [0.2, 0.25) is 0 Å². The Morgan fingerprint density at radius 3 is 2.75 bits per heavy atom. The third-order valence-electron chi connectivity index (χ3n) is 5.70. The molecule has 1 aliphatic heterocycles. The maximum Gasteiger partial charge on any atom is 0.329 e. The molecule has 0 bridgehead atoms. The quantitative estimate of drug-likeness (QED) is 0.484. The van der Waals surface area contributed by atoms with Crippen LogP contribution < -0.4 is 0 Å². The summed E-state index contributed by atoms with van der Waals surface area (Å²) < 4.78 is 19.3. The molecule has 1 saturated heterocycles. The molecule has 2 unspecified atom stereocenters. The van der Waals surface area contributed by atoms with E-state index in [1.54, 1.807) is 24.4 Å². The number of thiol groups is 1. The number of methoxy groups -OCH3 is 1. The number of carbonyl (C=O) groups excluding carboxylic acids is 2. The first-order valence-corrected chi connectivity index (χ1v) is 10.9. The SMILES string of the molecule is COC(=O)Cn1ncc(/C=C2\CN(C(C(=O)C3CC3)c3ccccc3F)CCC2S)n1.Cl. The Morgan fingerprint density at radius 1 is 1.31 bits per heavy atom. The molecule has 1 aromatic carbocycles. The third kappa shape index (κ3) is 5.57. The van der Waals surface area contributed by atoms with Crippen LogP contribution in [0.25, 0.3) is 6.08 Å². The van der Waals surface area contributed by atoms with Gasteiger partial charge in [-0.2, -0.15) is 27.6 Å². The number of halogens is 2. The zero-order valence-corrected chi connectivity index (χ0v) is 19.4. The normalized spacial score (nSPS) is 21.1. The number of ketones is 1. The summed E-state index contributed by atoms with van der Waals surface area (Å²) in [4.78, 5) is 27.8. The summed E-state index contributed by atoms with van der Waals surface area (Å²) >= 11 is 4.70. The van der Waals surface area contributed by atoms with Crippen LogP contribution in [-0.2, 0) is 20.9 Å². The van der Waals surface area contributed by atoms with Gasteiger partial charge in [-0.1, -0.05) is 18.2 Å². The molecule has 4 rings (SSSR count). The van der Waals surface area contributed by atoms with Gasteiger partial charge < -0.3 is 4.74 Å². The lowest BCUT2D eigenvalue weighted by atomic mass is 9.93. The Hall–Kier alpha value is -2.23. The van der Waals surface area contributed by atoms with Crippen molar-refractivity contribution in [3.63, 3.8) is 0 Å². The Balaban J connectivity index is 0.00000289. The first-order valence-electron chi connectivity index (χ1n) is 10.3. The highest BCUT2D eigenvalue weighted by molar-refractivity contribution is 7.81. The van der Waals surface area contributed by atoms with Gasteiger partial charge >= 0.3 is 5.97 Å². The zero-order chi connectivity index (χ0) is 22.0. The van der Waals surface area contributed by atoms with E-state index in [1.165, 1.54) is 18.0 Å². The summed E-state index contributed by atoms with van der Waals surface area (Å²) in [5.74, 6) is -0.683. The highest BCUT2D eigenvalue weighted by Gasteiger charge is 2.40. The van der Waals surface area contributed by atoms with Crippen molar-refractivity contribution in [2.45, 2.75) is 37.1 Å². The van der Waals surface area contributed by atoms with Gasteiger partial charge in [0.15, 0.2) is 12.3 Å². The molecular formula is C22H26ClFN4O3S. The number of Topliss-reactive ketones (excluding diaryl/α,β-unsaturated/α-hetero) is 1. The van der Waals surface area contributed by atoms with E-state index in [9.17, 15) is 14.0 Å². The van der Waals surface area contributed by atoms with Gasteiger partial charge in [0.05, 0.1) is 19.3 Å². The van der Waals surface area contributed by atoms with Gasteiger partial charge in [0.25, 0.3) is 0 Å². The fraction of sp³-hybridized carbons (Fsp3) is 0.455. The average molecular weight is 481 g/mol. The Morgan fingerprint density at radius 2 is 2.06 bits per heavy atom. The van der Waals surface area contributed by atoms with Crippen molar-refractivity contribution < 1.29 is 18.7 Å². The second-order valence-corrected chi connectivity index (χ2v) is 8.59. The third-order valence-corrected chi connectivity index (χ3v) is 6.29. The molecule has 0 amide bonds. The summed E-state index contributed by atoms with van der Waals surface area (Å²) in [6, 6.07) is 5.92. The van der Waals surface area contributed by atoms with Crippen LogP contribution in [0.4, 0.5) is 4.39 Å². The molecule has 1 aromatic heterocycles. The number of aromatic nitrogens is 3. The number of carbonyl (C=O) groups is 2. The largest absolute Gasteiger partial charge is 0.468 e. The fourth-order valence-corrected chi connectivity index (χ4v) is 4.17. The molecule has 2 atom stereocenters. The predicted molar refractivity (Wildman–Crippen MR) is 123 cm³/mol. The number of piperidine rings is 1. The lowest BCUT2D eigenvalue weighted by molar-refractivity contribution is -0.141. The van der Waals surface area contributed by atoms with Gasteiger partial charge in [-0.3, -0.25) is 9.69 Å². The summed E-state index contributed by atoms with van der Waals surface area (Å²) in [5, 5.41) is 8.38. The zero-order valence-electron chi connectivity index (χ0n) is 17.7.